The van der Waals surface area contributed by atoms with Gasteiger partial charge in [-0.3, -0.25) is 25.2 Å². The number of ether oxygens (including phenoxy) is 1. The maximum Gasteiger partial charge on any atom is 0.294 e. The summed E-state index contributed by atoms with van der Waals surface area (Å²) in [5.74, 6) is -0.844. The third kappa shape index (κ3) is 5.11. The summed E-state index contributed by atoms with van der Waals surface area (Å²) < 4.78 is 6.86. The molecule has 0 saturated heterocycles. The van der Waals surface area contributed by atoms with Crippen LogP contribution in [-0.4, -0.2) is 28.2 Å². The van der Waals surface area contributed by atoms with E-state index in [2.05, 4.69) is 16.0 Å². The van der Waals surface area contributed by atoms with Gasteiger partial charge in [0.15, 0.2) is 12.3 Å². The molecule has 154 valence electrons. The SMILES string of the molecule is CCc1ccc(OCC(=O)NNC(=O)c2nn(-c3ccccc3)c(C)cc2=O)cc1. The number of nitrogens with zero attached hydrogens (tertiary/aromatic N) is 2. The van der Waals surface area contributed by atoms with E-state index in [1.165, 1.54) is 10.7 Å². The first-order chi connectivity index (χ1) is 14.5. The van der Waals surface area contributed by atoms with Crippen molar-refractivity contribution in [3.63, 3.8) is 0 Å². The summed E-state index contributed by atoms with van der Waals surface area (Å²) in [4.78, 5) is 36.5. The second kappa shape index (κ2) is 9.51. The van der Waals surface area contributed by atoms with Crippen LogP contribution >= 0.6 is 0 Å². The molecule has 1 aromatic heterocycles. The topological polar surface area (TPSA) is 102 Å². The molecule has 0 radical (unpaired) electrons. The maximum atomic E-state index is 12.4. The van der Waals surface area contributed by atoms with E-state index in [1.54, 1.807) is 31.2 Å². The molecule has 2 N–H and O–H groups in total. The van der Waals surface area contributed by atoms with Gasteiger partial charge in [0.2, 0.25) is 5.43 Å². The molecule has 0 aliphatic carbocycles. The highest BCUT2D eigenvalue weighted by atomic mass is 16.5. The molecule has 2 amide bonds. The van der Waals surface area contributed by atoms with Gasteiger partial charge in [-0.2, -0.15) is 5.10 Å². The largest absolute Gasteiger partial charge is 0.484 e. The summed E-state index contributed by atoms with van der Waals surface area (Å²) in [6.45, 7) is 3.47. The van der Waals surface area contributed by atoms with Gasteiger partial charge in [0, 0.05) is 11.8 Å². The Balaban J connectivity index is 1.61. The van der Waals surface area contributed by atoms with E-state index in [0.717, 1.165) is 12.0 Å². The van der Waals surface area contributed by atoms with E-state index in [4.69, 9.17) is 4.74 Å². The van der Waals surface area contributed by atoms with Crippen LogP contribution in [0.1, 0.15) is 28.7 Å². The van der Waals surface area contributed by atoms with Crippen molar-refractivity contribution >= 4 is 11.8 Å². The highest BCUT2D eigenvalue weighted by Crippen LogP contribution is 2.12. The van der Waals surface area contributed by atoms with Crippen molar-refractivity contribution in [2.24, 2.45) is 0 Å². The zero-order valence-electron chi connectivity index (χ0n) is 16.7. The van der Waals surface area contributed by atoms with Gasteiger partial charge in [-0.1, -0.05) is 37.3 Å². The minimum Gasteiger partial charge on any atom is -0.484 e. The van der Waals surface area contributed by atoms with Gasteiger partial charge >= 0.3 is 0 Å². The fourth-order valence-corrected chi connectivity index (χ4v) is 2.73. The van der Waals surface area contributed by atoms with Crippen LogP contribution in [0.4, 0.5) is 0 Å². The van der Waals surface area contributed by atoms with Gasteiger partial charge in [-0.25, -0.2) is 4.68 Å². The molecule has 1 heterocycles. The number of hydrogen-bond donors (Lipinski definition) is 2. The second-order valence-corrected chi connectivity index (χ2v) is 6.53. The van der Waals surface area contributed by atoms with Crippen molar-refractivity contribution in [1.29, 1.82) is 0 Å². The van der Waals surface area contributed by atoms with Crippen LogP contribution in [0, 0.1) is 6.92 Å². The fourth-order valence-electron chi connectivity index (χ4n) is 2.73. The molecule has 0 fully saturated rings. The Morgan fingerprint density at radius 2 is 1.73 bits per heavy atom. The van der Waals surface area contributed by atoms with Gasteiger partial charge in [0.05, 0.1) is 5.69 Å². The Morgan fingerprint density at radius 1 is 1.03 bits per heavy atom. The van der Waals surface area contributed by atoms with Gasteiger partial charge in [-0.05, 0) is 43.2 Å². The molecule has 8 heteroatoms. The number of para-hydroxylation sites is 1. The van der Waals surface area contributed by atoms with E-state index < -0.39 is 17.2 Å². The Kier molecular flexibility index (Phi) is 6.59. The number of benzene rings is 2. The summed E-state index contributed by atoms with van der Waals surface area (Å²) >= 11 is 0. The Bertz CT molecular complexity index is 1090. The number of amides is 2. The summed E-state index contributed by atoms with van der Waals surface area (Å²) in [5.41, 5.74) is 5.99. The Hall–Kier alpha value is -3.94. The quantitative estimate of drug-likeness (QED) is 0.609. The molecule has 3 rings (SSSR count). The van der Waals surface area contributed by atoms with Crippen molar-refractivity contribution in [3.05, 3.63) is 87.8 Å². The first-order valence-electron chi connectivity index (χ1n) is 9.45. The van der Waals surface area contributed by atoms with E-state index in [9.17, 15) is 14.4 Å². The molecule has 30 heavy (non-hydrogen) atoms. The number of nitrogens with one attached hydrogen (secondary N) is 2. The molecule has 0 atom stereocenters. The smallest absolute Gasteiger partial charge is 0.294 e. The lowest BCUT2D eigenvalue weighted by Gasteiger charge is -2.12. The molecule has 0 unspecified atom stereocenters. The van der Waals surface area contributed by atoms with E-state index in [0.29, 0.717) is 17.1 Å². The molecule has 0 aliphatic rings. The Morgan fingerprint density at radius 3 is 2.40 bits per heavy atom. The standard InChI is InChI=1S/C22H22N4O4/c1-3-16-9-11-18(12-10-16)30-14-20(28)23-24-22(29)21-19(27)13-15(2)26(25-21)17-7-5-4-6-8-17/h4-13H,3,14H2,1-2H3,(H,23,28)(H,24,29). The van der Waals surface area contributed by atoms with Crippen LogP contribution in [0.15, 0.2) is 65.5 Å². The van der Waals surface area contributed by atoms with Crippen molar-refractivity contribution in [3.8, 4) is 11.4 Å². The minimum atomic E-state index is -0.815. The van der Waals surface area contributed by atoms with E-state index >= 15 is 0 Å². The number of aromatic nitrogens is 2. The highest BCUT2D eigenvalue weighted by Gasteiger charge is 2.16. The molecule has 0 aliphatic heterocycles. The van der Waals surface area contributed by atoms with Gasteiger partial charge in [0.25, 0.3) is 11.8 Å². The normalized spacial score (nSPS) is 10.3. The predicted molar refractivity (Wildman–Crippen MR) is 111 cm³/mol. The predicted octanol–water partition coefficient (Wildman–Crippen LogP) is 1.94. The third-order valence-corrected chi connectivity index (χ3v) is 4.34. The summed E-state index contributed by atoms with van der Waals surface area (Å²) in [5, 5.41) is 4.14. The molecule has 3 aromatic rings. The molecule has 0 spiro atoms. The number of hydrazine groups is 1. The number of carbonyl (C=O) groups excluding carboxylic acids is 2. The van der Waals surface area contributed by atoms with Crippen molar-refractivity contribution in [2.75, 3.05) is 6.61 Å². The van der Waals surface area contributed by atoms with Gasteiger partial charge in [0.1, 0.15) is 5.75 Å². The molecule has 2 aromatic carbocycles. The third-order valence-electron chi connectivity index (χ3n) is 4.34. The number of hydrogen-bond acceptors (Lipinski definition) is 5. The lowest BCUT2D eigenvalue weighted by molar-refractivity contribution is -0.123. The lowest BCUT2D eigenvalue weighted by atomic mass is 10.2. The van der Waals surface area contributed by atoms with Gasteiger partial charge in [-0.15, -0.1) is 0 Å². The first-order valence-corrected chi connectivity index (χ1v) is 9.45. The average Bonchev–Trinajstić information content (AvgIpc) is 2.77. The van der Waals surface area contributed by atoms with Crippen molar-refractivity contribution in [2.45, 2.75) is 20.3 Å². The maximum absolute atomic E-state index is 12.4. The van der Waals surface area contributed by atoms with Crippen LogP contribution in [0.25, 0.3) is 5.69 Å². The molecule has 8 nitrogen and oxygen atoms in total. The van der Waals surface area contributed by atoms with Crippen LogP contribution in [0.5, 0.6) is 5.75 Å². The van der Waals surface area contributed by atoms with E-state index in [-0.39, 0.29) is 12.3 Å². The van der Waals surface area contributed by atoms with Crippen molar-refractivity contribution < 1.29 is 14.3 Å². The van der Waals surface area contributed by atoms with Crippen LogP contribution in [0.2, 0.25) is 0 Å². The molecule has 0 saturated carbocycles. The van der Waals surface area contributed by atoms with Gasteiger partial charge < -0.3 is 4.74 Å². The minimum absolute atomic E-state index is 0.290. The number of rotatable bonds is 6. The first kappa shape index (κ1) is 20.8. The fraction of sp³-hybridized carbons (Fsp3) is 0.182. The highest BCUT2D eigenvalue weighted by molar-refractivity contribution is 5.93. The number of aryl methyl sites for hydroxylation is 2. The number of carbonyl (C=O) groups is 2. The average molecular weight is 406 g/mol. The van der Waals surface area contributed by atoms with Crippen molar-refractivity contribution in [1.82, 2.24) is 20.6 Å². The van der Waals surface area contributed by atoms with Crippen LogP contribution < -0.4 is 21.0 Å². The molecule has 0 bridgehead atoms. The Labute approximate surface area is 173 Å². The summed E-state index contributed by atoms with van der Waals surface area (Å²) in [6, 6.07) is 17.8. The monoisotopic (exact) mass is 406 g/mol. The van der Waals surface area contributed by atoms with E-state index in [1.807, 2.05) is 37.3 Å². The van der Waals surface area contributed by atoms with Crippen LogP contribution in [0.3, 0.4) is 0 Å². The molecular weight excluding hydrogens is 384 g/mol. The zero-order valence-corrected chi connectivity index (χ0v) is 16.7. The lowest BCUT2D eigenvalue weighted by Crippen LogP contribution is -2.45. The van der Waals surface area contributed by atoms with Crippen LogP contribution in [-0.2, 0) is 11.2 Å². The zero-order chi connectivity index (χ0) is 21.5. The summed E-state index contributed by atoms with van der Waals surface area (Å²) in [6.07, 6.45) is 0.909. The molecular formula is C22H22N4O4. The second-order valence-electron chi connectivity index (χ2n) is 6.53. The summed E-state index contributed by atoms with van der Waals surface area (Å²) in [7, 11) is 0.